The molecule has 3 fully saturated rings. The first-order valence-electron chi connectivity index (χ1n) is 12.4. The number of anilines is 1. The number of nitrogens with zero attached hydrogens (tertiary/aromatic N) is 4. The van der Waals surface area contributed by atoms with E-state index in [9.17, 15) is 4.79 Å². The topological polar surface area (TPSA) is 43.8 Å². The van der Waals surface area contributed by atoms with Crippen LogP contribution in [0.5, 0.6) is 0 Å². The first-order chi connectivity index (χ1) is 16.7. The maximum Gasteiger partial charge on any atom is 0.240 e. The molecule has 1 N–H and O–H groups in total. The SMILES string of the molecule is Cn1c(-c2ccccc2)c(N2CCN([C@@H]3CN[C@H](C(=O)N4CCSC4)C3)CC2)c2ccccc21. The Morgan fingerprint density at radius 3 is 2.50 bits per heavy atom. The van der Waals surface area contributed by atoms with Gasteiger partial charge in [0.25, 0.3) is 0 Å². The molecule has 3 aliphatic heterocycles. The number of carbonyl (C=O) groups excluding carboxylic acids is 1. The van der Waals surface area contributed by atoms with Crippen molar-refractivity contribution >= 4 is 34.3 Å². The Balaban J connectivity index is 1.19. The van der Waals surface area contributed by atoms with Crippen LogP contribution in [0.25, 0.3) is 22.2 Å². The van der Waals surface area contributed by atoms with E-state index in [-0.39, 0.29) is 6.04 Å². The Kier molecular flexibility index (Phi) is 6.01. The Hall–Kier alpha value is -2.48. The molecular weight excluding hydrogens is 442 g/mol. The standard InChI is InChI=1S/C27H33N5OS/c1-29-24-10-6-5-9-22(24)26(25(29)20-7-3-2-4-8-20)31-13-11-30(12-14-31)21-17-23(28-18-21)27(33)32-15-16-34-19-32/h2-10,21,23,28H,11-19H2,1H3/t21-,23-/m0/s1. The zero-order chi connectivity index (χ0) is 23.1. The molecule has 6 nitrogen and oxygen atoms in total. The number of amides is 1. The van der Waals surface area contributed by atoms with Crippen LogP contribution in [0.15, 0.2) is 54.6 Å². The second kappa shape index (κ2) is 9.29. The number of rotatable bonds is 4. The first kappa shape index (κ1) is 22.0. The van der Waals surface area contributed by atoms with E-state index in [2.05, 4.69) is 81.3 Å². The third kappa shape index (κ3) is 3.89. The van der Waals surface area contributed by atoms with Crippen LogP contribution < -0.4 is 10.2 Å². The molecule has 178 valence electrons. The molecule has 0 aliphatic carbocycles. The van der Waals surface area contributed by atoms with Crippen LogP contribution >= 0.6 is 11.8 Å². The summed E-state index contributed by atoms with van der Waals surface area (Å²) < 4.78 is 2.35. The predicted molar refractivity (Wildman–Crippen MR) is 141 cm³/mol. The van der Waals surface area contributed by atoms with Crippen molar-refractivity contribution in [1.82, 2.24) is 19.7 Å². The molecule has 2 aromatic carbocycles. The van der Waals surface area contributed by atoms with E-state index < -0.39 is 0 Å². The molecule has 3 saturated heterocycles. The fourth-order valence-electron chi connectivity index (χ4n) is 5.92. The van der Waals surface area contributed by atoms with E-state index >= 15 is 0 Å². The highest BCUT2D eigenvalue weighted by atomic mass is 32.2. The van der Waals surface area contributed by atoms with Gasteiger partial charge in [0.05, 0.1) is 28.8 Å². The fourth-order valence-corrected chi connectivity index (χ4v) is 6.88. The van der Waals surface area contributed by atoms with Gasteiger partial charge in [0, 0.05) is 69.1 Å². The summed E-state index contributed by atoms with van der Waals surface area (Å²) in [6.07, 6.45) is 0.934. The number of fused-ring (bicyclic) bond motifs is 1. The molecular formula is C27H33N5OS. The van der Waals surface area contributed by atoms with Crippen LogP contribution in [0.4, 0.5) is 5.69 Å². The summed E-state index contributed by atoms with van der Waals surface area (Å²) in [5.74, 6) is 2.23. The highest BCUT2D eigenvalue weighted by Gasteiger charge is 2.37. The number of thioether (sulfide) groups is 1. The van der Waals surface area contributed by atoms with Gasteiger partial charge in [0.2, 0.25) is 5.91 Å². The normalized spacial score (nSPS) is 23.8. The monoisotopic (exact) mass is 475 g/mol. The predicted octanol–water partition coefficient (Wildman–Crippen LogP) is 3.23. The summed E-state index contributed by atoms with van der Waals surface area (Å²) in [6.45, 7) is 5.90. The number of carbonyl (C=O) groups is 1. The second-order valence-electron chi connectivity index (χ2n) is 9.65. The van der Waals surface area contributed by atoms with Crippen molar-refractivity contribution in [3.8, 4) is 11.3 Å². The van der Waals surface area contributed by atoms with E-state index in [0.717, 1.165) is 57.3 Å². The lowest BCUT2D eigenvalue weighted by Gasteiger charge is -2.39. The van der Waals surface area contributed by atoms with Crippen LogP contribution in [0.1, 0.15) is 6.42 Å². The number of aryl methyl sites for hydroxylation is 1. The quantitative estimate of drug-likeness (QED) is 0.628. The minimum absolute atomic E-state index is 0.00974. The van der Waals surface area contributed by atoms with Crippen LogP contribution in [0, 0.1) is 0 Å². The third-order valence-electron chi connectivity index (χ3n) is 7.74. The largest absolute Gasteiger partial charge is 0.367 e. The van der Waals surface area contributed by atoms with E-state index in [1.807, 2.05) is 16.7 Å². The number of para-hydroxylation sites is 1. The van der Waals surface area contributed by atoms with Gasteiger partial charge in [-0.2, -0.15) is 0 Å². The zero-order valence-electron chi connectivity index (χ0n) is 19.8. The molecule has 6 rings (SSSR count). The maximum atomic E-state index is 12.8. The lowest BCUT2D eigenvalue weighted by atomic mass is 10.1. The molecule has 1 aromatic heterocycles. The number of hydrogen-bond acceptors (Lipinski definition) is 5. The molecule has 34 heavy (non-hydrogen) atoms. The van der Waals surface area contributed by atoms with Gasteiger partial charge in [-0.1, -0.05) is 48.5 Å². The molecule has 0 spiro atoms. The lowest BCUT2D eigenvalue weighted by Crippen LogP contribution is -2.51. The minimum atomic E-state index is -0.00974. The summed E-state index contributed by atoms with van der Waals surface area (Å²) in [5, 5.41) is 4.85. The van der Waals surface area contributed by atoms with Crippen molar-refractivity contribution in [2.45, 2.75) is 18.5 Å². The van der Waals surface area contributed by atoms with Crippen LogP contribution in [-0.4, -0.2) is 83.3 Å². The van der Waals surface area contributed by atoms with E-state index in [1.165, 1.54) is 27.8 Å². The van der Waals surface area contributed by atoms with Crippen molar-refractivity contribution in [1.29, 1.82) is 0 Å². The molecule has 4 heterocycles. The summed E-state index contributed by atoms with van der Waals surface area (Å²) >= 11 is 1.86. The molecule has 7 heteroatoms. The minimum Gasteiger partial charge on any atom is -0.367 e. The maximum absolute atomic E-state index is 12.8. The van der Waals surface area contributed by atoms with Crippen molar-refractivity contribution in [3.05, 3.63) is 54.6 Å². The van der Waals surface area contributed by atoms with Gasteiger partial charge in [-0.15, -0.1) is 11.8 Å². The number of nitrogens with one attached hydrogen (secondary N) is 1. The number of aromatic nitrogens is 1. The summed E-state index contributed by atoms with van der Waals surface area (Å²) in [5.41, 5.74) is 5.19. The third-order valence-corrected chi connectivity index (χ3v) is 8.71. The Morgan fingerprint density at radius 2 is 1.74 bits per heavy atom. The molecule has 0 unspecified atom stereocenters. The number of benzene rings is 2. The van der Waals surface area contributed by atoms with Crippen molar-refractivity contribution in [2.24, 2.45) is 7.05 Å². The van der Waals surface area contributed by atoms with Gasteiger partial charge in [0.15, 0.2) is 0 Å². The van der Waals surface area contributed by atoms with Crippen LogP contribution in [-0.2, 0) is 11.8 Å². The van der Waals surface area contributed by atoms with Crippen LogP contribution in [0.2, 0.25) is 0 Å². The Labute approximate surface area is 205 Å². The highest BCUT2D eigenvalue weighted by molar-refractivity contribution is 7.99. The second-order valence-corrected chi connectivity index (χ2v) is 10.7. The first-order valence-corrected chi connectivity index (χ1v) is 13.6. The average Bonchev–Trinajstić information content (AvgIpc) is 3.65. The van der Waals surface area contributed by atoms with Crippen LogP contribution in [0.3, 0.4) is 0 Å². The van der Waals surface area contributed by atoms with Gasteiger partial charge < -0.3 is 19.7 Å². The lowest BCUT2D eigenvalue weighted by molar-refractivity contribution is -0.131. The molecule has 2 atom stereocenters. The van der Waals surface area contributed by atoms with Crippen molar-refractivity contribution < 1.29 is 4.79 Å². The Morgan fingerprint density at radius 1 is 0.971 bits per heavy atom. The molecule has 0 saturated carbocycles. The number of piperazine rings is 1. The molecule has 0 bridgehead atoms. The Bertz CT molecular complexity index is 1160. The smallest absolute Gasteiger partial charge is 0.240 e. The van der Waals surface area contributed by atoms with E-state index in [4.69, 9.17) is 0 Å². The van der Waals surface area contributed by atoms with E-state index in [0.29, 0.717) is 11.9 Å². The van der Waals surface area contributed by atoms with Gasteiger partial charge in [-0.3, -0.25) is 9.69 Å². The average molecular weight is 476 g/mol. The van der Waals surface area contributed by atoms with Gasteiger partial charge in [-0.25, -0.2) is 0 Å². The molecule has 0 radical (unpaired) electrons. The van der Waals surface area contributed by atoms with Crippen molar-refractivity contribution in [3.63, 3.8) is 0 Å². The van der Waals surface area contributed by atoms with Gasteiger partial charge in [-0.05, 0) is 12.5 Å². The van der Waals surface area contributed by atoms with E-state index in [1.54, 1.807) is 0 Å². The fraction of sp³-hybridized carbons (Fsp3) is 0.444. The number of hydrogen-bond donors (Lipinski definition) is 1. The highest BCUT2D eigenvalue weighted by Crippen LogP contribution is 2.40. The van der Waals surface area contributed by atoms with Crippen molar-refractivity contribution in [2.75, 3.05) is 55.8 Å². The molecule has 1 amide bonds. The zero-order valence-corrected chi connectivity index (χ0v) is 20.6. The molecule has 3 aromatic rings. The summed E-state index contributed by atoms with van der Waals surface area (Å²) in [7, 11) is 2.19. The van der Waals surface area contributed by atoms with Gasteiger partial charge >= 0.3 is 0 Å². The summed E-state index contributed by atoms with van der Waals surface area (Å²) in [6, 6.07) is 20.0. The summed E-state index contributed by atoms with van der Waals surface area (Å²) in [4.78, 5) is 20.0. The molecule has 3 aliphatic rings. The van der Waals surface area contributed by atoms with Gasteiger partial charge in [0.1, 0.15) is 0 Å².